The average Bonchev–Trinajstić information content (AvgIpc) is 2.56. The molecule has 0 spiro atoms. The third kappa shape index (κ3) is 4.52. The molecule has 1 atom stereocenters. The molecule has 0 fully saturated rings. The fourth-order valence-electron chi connectivity index (χ4n) is 2.14. The van der Waals surface area contributed by atoms with E-state index in [2.05, 4.69) is 10.3 Å². The molecule has 5 nitrogen and oxygen atoms in total. The first-order chi connectivity index (χ1) is 11.4. The van der Waals surface area contributed by atoms with Gasteiger partial charge in [-0.2, -0.15) is 0 Å². The topological polar surface area (TPSA) is 76.1 Å². The fraction of sp³-hybridized carbons (Fsp3) is 0.250. The zero-order chi connectivity index (χ0) is 17.6. The van der Waals surface area contributed by atoms with E-state index in [-0.39, 0.29) is 29.6 Å². The number of sulfone groups is 1. The van der Waals surface area contributed by atoms with Crippen LogP contribution in [0.3, 0.4) is 0 Å². The maximum absolute atomic E-state index is 13.1. The molecular formula is C16H16ClFN2O3S. The van der Waals surface area contributed by atoms with Crippen LogP contribution in [0.1, 0.15) is 17.2 Å². The second kappa shape index (κ2) is 8.21. The van der Waals surface area contributed by atoms with Crippen LogP contribution >= 0.6 is 11.6 Å². The van der Waals surface area contributed by atoms with E-state index < -0.39 is 20.9 Å². The van der Waals surface area contributed by atoms with E-state index in [1.807, 2.05) is 0 Å². The summed E-state index contributed by atoms with van der Waals surface area (Å²) < 4.78 is 38.8. The third-order valence-corrected chi connectivity index (χ3v) is 5.69. The van der Waals surface area contributed by atoms with Crippen molar-refractivity contribution in [3.05, 3.63) is 60.2 Å². The predicted octanol–water partition coefficient (Wildman–Crippen LogP) is 2.48. The number of alkyl halides is 1. The molecule has 0 unspecified atom stereocenters. The van der Waals surface area contributed by atoms with Crippen LogP contribution in [0.2, 0.25) is 0 Å². The highest BCUT2D eigenvalue weighted by atomic mass is 35.5. The van der Waals surface area contributed by atoms with E-state index in [1.54, 1.807) is 12.1 Å². The molecule has 128 valence electrons. The van der Waals surface area contributed by atoms with Crippen molar-refractivity contribution in [3.63, 3.8) is 0 Å². The lowest BCUT2D eigenvalue weighted by molar-refractivity contribution is -0.120. The molecule has 0 saturated heterocycles. The Balaban J connectivity index is 2.34. The van der Waals surface area contributed by atoms with Crippen LogP contribution in [-0.4, -0.2) is 31.7 Å². The smallest absolute Gasteiger partial charge is 0.221 e. The maximum atomic E-state index is 13.1. The molecule has 0 aliphatic heterocycles. The first kappa shape index (κ1) is 18.4. The van der Waals surface area contributed by atoms with Crippen molar-refractivity contribution in [3.8, 4) is 0 Å². The fourth-order valence-corrected chi connectivity index (χ4v) is 3.96. The van der Waals surface area contributed by atoms with Gasteiger partial charge in [-0.1, -0.05) is 6.07 Å². The molecule has 1 N–H and O–H groups in total. The van der Waals surface area contributed by atoms with Gasteiger partial charge in [0.05, 0.1) is 4.90 Å². The molecule has 2 rings (SSSR count). The van der Waals surface area contributed by atoms with Gasteiger partial charge in [0.15, 0.2) is 9.84 Å². The van der Waals surface area contributed by atoms with Gasteiger partial charge in [-0.15, -0.1) is 11.6 Å². The van der Waals surface area contributed by atoms with Crippen molar-refractivity contribution in [2.24, 2.45) is 0 Å². The lowest BCUT2D eigenvalue weighted by Gasteiger charge is -2.18. The minimum atomic E-state index is -3.84. The number of benzene rings is 1. The number of halogens is 2. The second-order valence-corrected chi connectivity index (χ2v) is 7.53. The summed E-state index contributed by atoms with van der Waals surface area (Å²) in [4.78, 5) is 15.5. The monoisotopic (exact) mass is 370 g/mol. The van der Waals surface area contributed by atoms with Crippen molar-refractivity contribution in [1.29, 1.82) is 0 Å². The molecule has 8 heteroatoms. The number of carbonyl (C=O) groups is 1. The molecular weight excluding hydrogens is 355 g/mol. The van der Waals surface area contributed by atoms with Gasteiger partial charge in [-0.25, -0.2) is 12.8 Å². The molecule has 0 bridgehead atoms. The highest BCUT2D eigenvalue weighted by Crippen LogP contribution is 2.28. The number of nitrogens with one attached hydrogen (secondary N) is 1. The third-order valence-electron chi connectivity index (χ3n) is 3.38. The van der Waals surface area contributed by atoms with Gasteiger partial charge in [0, 0.05) is 31.2 Å². The molecule has 0 aliphatic rings. The highest BCUT2D eigenvalue weighted by Gasteiger charge is 2.29. The molecule has 1 aromatic heterocycles. The Morgan fingerprint density at radius 2 is 1.96 bits per heavy atom. The van der Waals surface area contributed by atoms with Crippen LogP contribution in [-0.2, 0) is 14.6 Å². The molecule has 24 heavy (non-hydrogen) atoms. The molecule has 0 aliphatic carbocycles. The lowest BCUT2D eigenvalue weighted by Crippen LogP contribution is -2.32. The summed E-state index contributed by atoms with van der Waals surface area (Å²) in [5, 5.41) is 1.53. The largest absolute Gasteiger partial charge is 0.354 e. The number of aromatic nitrogens is 1. The van der Waals surface area contributed by atoms with Crippen LogP contribution in [0.25, 0.3) is 0 Å². The molecule has 0 radical (unpaired) electrons. The summed E-state index contributed by atoms with van der Waals surface area (Å²) in [6.07, 6.45) is 3.05. The van der Waals surface area contributed by atoms with Crippen molar-refractivity contribution in [2.75, 3.05) is 12.4 Å². The zero-order valence-corrected chi connectivity index (χ0v) is 14.2. The summed E-state index contributed by atoms with van der Waals surface area (Å²) >= 11 is 5.50. The standard InChI is InChI=1S/C16H16ClFN2O3S/c17-8-7-16(21)20-11-15(12-2-1-9-19-10-12)24(22,23)14-5-3-13(18)4-6-14/h1-6,9-10,15H,7-8,11H2,(H,20,21)/t15-/m0/s1. The molecule has 1 aromatic carbocycles. The van der Waals surface area contributed by atoms with Crippen LogP contribution in [0.4, 0.5) is 4.39 Å². The SMILES string of the molecule is O=C(CCCl)NC[C@@H](c1cccnc1)S(=O)(=O)c1ccc(F)cc1. The number of nitrogens with zero attached hydrogens (tertiary/aromatic N) is 1. The van der Waals surface area contributed by atoms with Crippen molar-refractivity contribution in [1.82, 2.24) is 10.3 Å². The molecule has 1 amide bonds. The van der Waals surface area contributed by atoms with E-state index in [4.69, 9.17) is 11.6 Å². The van der Waals surface area contributed by atoms with Gasteiger partial charge in [-0.3, -0.25) is 9.78 Å². The van der Waals surface area contributed by atoms with Crippen molar-refractivity contribution < 1.29 is 17.6 Å². The van der Waals surface area contributed by atoms with Crippen molar-refractivity contribution in [2.45, 2.75) is 16.6 Å². The number of pyridine rings is 1. The molecule has 1 heterocycles. The van der Waals surface area contributed by atoms with E-state index >= 15 is 0 Å². The quantitative estimate of drug-likeness (QED) is 0.600. The van der Waals surface area contributed by atoms with Crippen LogP contribution < -0.4 is 5.32 Å². The second-order valence-electron chi connectivity index (χ2n) is 5.02. The van der Waals surface area contributed by atoms with E-state index in [9.17, 15) is 17.6 Å². The minimum Gasteiger partial charge on any atom is -0.354 e. The summed E-state index contributed by atoms with van der Waals surface area (Å²) in [5.41, 5.74) is 0.438. The predicted molar refractivity (Wildman–Crippen MR) is 88.9 cm³/mol. The Kier molecular flexibility index (Phi) is 6.28. The number of hydrogen-bond donors (Lipinski definition) is 1. The van der Waals surface area contributed by atoms with E-state index in [0.29, 0.717) is 5.56 Å². The lowest BCUT2D eigenvalue weighted by atomic mass is 10.2. The van der Waals surface area contributed by atoms with Crippen LogP contribution in [0.5, 0.6) is 0 Å². The first-order valence-corrected chi connectivity index (χ1v) is 9.25. The minimum absolute atomic E-state index is 0.0238. The Labute approximate surface area is 144 Å². The van der Waals surface area contributed by atoms with Gasteiger partial charge in [0.25, 0.3) is 0 Å². The average molecular weight is 371 g/mol. The van der Waals surface area contributed by atoms with Crippen LogP contribution in [0.15, 0.2) is 53.7 Å². The maximum Gasteiger partial charge on any atom is 0.221 e. The van der Waals surface area contributed by atoms with E-state index in [1.165, 1.54) is 24.5 Å². The molecule has 2 aromatic rings. The van der Waals surface area contributed by atoms with Gasteiger partial charge in [0.2, 0.25) is 5.91 Å². The van der Waals surface area contributed by atoms with Gasteiger partial charge in [-0.05, 0) is 35.9 Å². The summed E-state index contributed by atoms with van der Waals surface area (Å²) in [7, 11) is -3.84. The summed E-state index contributed by atoms with van der Waals surface area (Å²) in [5.74, 6) is -0.718. The zero-order valence-electron chi connectivity index (χ0n) is 12.7. The number of amides is 1. The number of hydrogen-bond acceptors (Lipinski definition) is 4. The van der Waals surface area contributed by atoms with Gasteiger partial charge < -0.3 is 5.32 Å². The summed E-state index contributed by atoms with van der Waals surface area (Å²) in [6, 6.07) is 7.80. The highest BCUT2D eigenvalue weighted by molar-refractivity contribution is 7.91. The number of rotatable bonds is 7. The normalized spacial score (nSPS) is 12.6. The van der Waals surface area contributed by atoms with Gasteiger partial charge in [0.1, 0.15) is 11.1 Å². The summed E-state index contributed by atoms with van der Waals surface area (Å²) in [6.45, 7) is -0.124. The van der Waals surface area contributed by atoms with E-state index in [0.717, 1.165) is 12.1 Å². The molecule has 0 saturated carbocycles. The Bertz CT molecular complexity index is 783. The van der Waals surface area contributed by atoms with Crippen molar-refractivity contribution >= 4 is 27.3 Å². The van der Waals surface area contributed by atoms with Crippen LogP contribution in [0, 0.1) is 5.82 Å². The first-order valence-electron chi connectivity index (χ1n) is 7.17. The van der Waals surface area contributed by atoms with Gasteiger partial charge >= 0.3 is 0 Å². The number of carbonyl (C=O) groups excluding carboxylic acids is 1. The Morgan fingerprint density at radius 3 is 2.54 bits per heavy atom. The Hall–Kier alpha value is -1.99. The Morgan fingerprint density at radius 1 is 1.25 bits per heavy atom.